The van der Waals surface area contributed by atoms with Crippen LogP contribution in [0.4, 0.5) is 0 Å². The largest absolute Gasteiger partial charge is 0.496 e. The summed E-state index contributed by atoms with van der Waals surface area (Å²) in [7, 11) is 1.52. The third-order valence-corrected chi connectivity index (χ3v) is 3.83. The molecule has 0 aliphatic heterocycles. The van der Waals surface area contributed by atoms with E-state index in [1.165, 1.54) is 13.4 Å². The molecule has 2 aromatic rings. The Kier molecular flexibility index (Phi) is 4.74. The van der Waals surface area contributed by atoms with Crippen molar-refractivity contribution >= 4 is 21.9 Å². The maximum absolute atomic E-state index is 11.6. The van der Waals surface area contributed by atoms with Crippen LogP contribution in [0.2, 0.25) is 0 Å². The third-order valence-electron chi connectivity index (χ3n) is 3.07. The Hall–Kier alpha value is -2.15. The second-order valence-electron chi connectivity index (χ2n) is 4.34. The molecule has 6 nitrogen and oxygen atoms in total. The van der Waals surface area contributed by atoms with Crippen molar-refractivity contribution in [1.29, 1.82) is 0 Å². The molecule has 21 heavy (non-hydrogen) atoms. The molecule has 0 spiro atoms. The summed E-state index contributed by atoms with van der Waals surface area (Å²) in [6.07, 6.45) is 1.37. The number of carbonyl (C=O) groups is 1. The lowest BCUT2D eigenvalue weighted by Crippen LogP contribution is -2.21. The first kappa shape index (κ1) is 15.2. The molecule has 0 radical (unpaired) electrons. The summed E-state index contributed by atoms with van der Waals surface area (Å²) in [4.78, 5) is 29.5. The van der Waals surface area contributed by atoms with E-state index < -0.39 is 17.4 Å². The monoisotopic (exact) mass is 352 g/mol. The van der Waals surface area contributed by atoms with Crippen LogP contribution in [0.3, 0.4) is 0 Å². The summed E-state index contributed by atoms with van der Waals surface area (Å²) in [5.41, 5.74) is 0.518. The van der Waals surface area contributed by atoms with E-state index in [2.05, 4.69) is 25.9 Å². The van der Waals surface area contributed by atoms with E-state index in [-0.39, 0.29) is 16.6 Å². The smallest absolute Gasteiger partial charge is 0.312 e. The molecule has 7 heteroatoms. The van der Waals surface area contributed by atoms with Crippen molar-refractivity contribution in [2.45, 2.75) is 12.3 Å². The highest BCUT2D eigenvalue weighted by Crippen LogP contribution is 2.28. The molecule has 1 atom stereocenters. The lowest BCUT2D eigenvalue weighted by atomic mass is 9.95. The Morgan fingerprint density at radius 1 is 1.48 bits per heavy atom. The number of hydrogen-bond donors (Lipinski definition) is 2. The van der Waals surface area contributed by atoms with Gasteiger partial charge in [0.05, 0.1) is 19.1 Å². The van der Waals surface area contributed by atoms with Crippen LogP contribution in [0.1, 0.15) is 17.2 Å². The molecule has 1 aromatic carbocycles. The van der Waals surface area contributed by atoms with Gasteiger partial charge in [0.25, 0.3) is 5.56 Å². The van der Waals surface area contributed by atoms with Crippen molar-refractivity contribution in [3.05, 3.63) is 56.7 Å². The molecule has 0 fully saturated rings. The van der Waals surface area contributed by atoms with Gasteiger partial charge in [-0.25, -0.2) is 4.98 Å². The molecular formula is C14H13BrN2O4. The van der Waals surface area contributed by atoms with Gasteiger partial charge in [0, 0.05) is 0 Å². The van der Waals surface area contributed by atoms with Gasteiger partial charge < -0.3 is 14.8 Å². The molecule has 1 aromatic heterocycles. The second-order valence-corrected chi connectivity index (χ2v) is 5.13. The fourth-order valence-electron chi connectivity index (χ4n) is 2.03. The van der Waals surface area contributed by atoms with E-state index in [0.29, 0.717) is 5.75 Å². The number of halogens is 1. The van der Waals surface area contributed by atoms with Gasteiger partial charge in [0.2, 0.25) is 0 Å². The number of benzene rings is 1. The number of carboxylic acids is 1. The van der Waals surface area contributed by atoms with Crippen molar-refractivity contribution in [2.75, 3.05) is 7.11 Å². The van der Waals surface area contributed by atoms with Gasteiger partial charge in [-0.05, 0) is 34.0 Å². The number of H-pyrrole nitrogens is 1. The molecule has 1 unspecified atom stereocenters. The number of methoxy groups -OCH3 is 1. The van der Waals surface area contributed by atoms with E-state index in [9.17, 15) is 14.7 Å². The molecule has 0 bridgehead atoms. The highest BCUT2D eigenvalue weighted by molar-refractivity contribution is 9.10. The van der Waals surface area contributed by atoms with Crippen molar-refractivity contribution in [2.24, 2.45) is 0 Å². The van der Waals surface area contributed by atoms with Gasteiger partial charge in [0.1, 0.15) is 16.1 Å². The van der Waals surface area contributed by atoms with Crippen molar-refractivity contribution in [3.63, 3.8) is 0 Å². The Labute approximate surface area is 128 Å². The molecule has 0 aliphatic carbocycles. The lowest BCUT2D eigenvalue weighted by Gasteiger charge is -2.15. The number of para-hydroxylation sites is 1. The number of rotatable bonds is 5. The number of aromatic nitrogens is 2. The number of ether oxygens (including phenoxy) is 1. The molecule has 0 saturated heterocycles. The highest BCUT2D eigenvalue weighted by Gasteiger charge is 2.26. The topological polar surface area (TPSA) is 92.3 Å². The maximum atomic E-state index is 11.6. The first-order valence-electron chi connectivity index (χ1n) is 6.12. The average Bonchev–Trinajstić information content (AvgIpc) is 2.48. The van der Waals surface area contributed by atoms with Crippen LogP contribution in [0.15, 0.2) is 39.9 Å². The number of nitrogens with zero attached hydrogens (tertiary/aromatic N) is 1. The van der Waals surface area contributed by atoms with Gasteiger partial charge in [-0.1, -0.05) is 18.2 Å². The average molecular weight is 353 g/mol. The summed E-state index contributed by atoms with van der Waals surface area (Å²) in [6.45, 7) is 0. The zero-order chi connectivity index (χ0) is 15.4. The number of aliphatic carboxylic acids is 1. The zero-order valence-electron chi connectivity index (χ0n) is 11.2. The number of carboxylic acid groups (broad SMARTS) is 1. The molecule has 2 rings (SSSR count). The Morgan fingerprint density at radius 2 is 2.19 bits per heavy atom. The van der Waals surface area contributed by atoms with Crippen LogP contribution in [0.25, 0.3) is 0 Å². The maximum Gasteiger partial charge on any atom is 0.312 e. The Balaban J connectivity index is 2.43. The van der Waals surface area contributed by atoms with E-state index in [1.807, 2.05) is 0 Å². The first-order chi connectivity index (χ1) is 10.0. The summed E-state index contributed by atoms with van der Waals surface area (Å²) in [5, 5.41) is 9.45. The molecule has 0 aliphatic rings. The summed E-state index contributed by atoms with van der Waals surface area (Å²) < 4.78 is 5.35. The standard InChI is InChI=1S/C14H13BrN2O4/c1-21-10-5-3-2-4-8(10)6-9(14(19)20)12-11(15)13(18)17-7-16-12/h2-5,7,9H,6H2,1H3,(H,19,20)(H,16,17,18). The third kappa shape index (κ3) is 3.30. The second kappa shape index (κ2) is 6.53. The quantitative estimate of drug-likeness (QED) is 0.857. The van der Waals surface area contributed by atoms with E-state index in [4.69, 9.17) is 4.74 Å². The fourth-order valence-corrected chi connectivity index (χ4v) is 2.53. The highest BCUT2D eigenvalue weighted by atomic mass is 79.9. The predicted octanol–water partition coefficient (Wildman–Crippen LogP) is 1.95. The molecular weight excluding hydrogens is 340 g/mol. The van der Waals surface area contributed by atoms with Gasteiger partial charge in [0.15, 0.2) is 0 Å². The predicted molar refractivity (Wildman–Crippen MR) is 79.6 cm³/mol. The lowest BCUT2D eigenvalue weighted by molar-refractivity contribution is -0.138. The van der Waals surface area contributed by atoms with Gasteiger partial charge in [-0.15, -0.1) is 0 Å². The van der Waals surface area contributed by atoms with Crippen molar-refractivity contribution in [1.82, 2.24) is 9.97 Å². The Morgan fingerprint density at radius 3 is 2.86 bits per heavy atom. The molecule has 2 N–H and O–H groups in total. The molecule has 1 heterocycles. The number of aromatic amines is 1. The zero-order valence-corrected chi connectivity index (χ0v) is 12.8. The van der Waals surface area contributed by atoms with Gasteiger partial charge in [-0.2, -0.15) is 0 Å². The molecule has 0 amide bonds. The molecule has 110 valence electrons. The van der Waals surface area contributed by atoms with E-state index >= 15 is 0 Å². The summed E-state index contributed by atoms with van der Waals surface area (Å²) >= 11 is 3.10. The van der Waals surface area contributed by atoms with Gasteiger partial charge in [-0.3, -0.25) is 9.59 Å². The normalized spacial score (nSPS) is 11.9. The SMILES string of the molecule is COc1ccccc1CC(C(=O)O)c1nc[nH]c(=O)c1Br. The van der Waals surface area contributed by atoms with Crippen LogP contribution in [-0.2, 0) is 11.2 Å². The Bertz CT molecular complexity index is 714. The summed E-state index contributed by atoms with van der Waals surface area (Å²) in [6, 6.07) is 7.15. The van der Waals surface area contributed by atoms with Crippen LogP contribution < -0.4 is 10.3 Å². The van der Waals surface area contributed by atoms with Crippen molar-refractivity contribution < 1.29 is 14.6 Å². The minimum Gasteiger partial charge on any atom is -0.496 e. The van der Waals surface area contributed by atoms with Crippen LogP contribution >= 0.6 is 15.9 Å². The van der Waals surface area contributed by atoms with E-state index in [1.54, 1.807) is 24.3 Å². The van der Waals surface area contributed by atoms with Crippen molar-refractivity contribution in [3.8, 4) is 5.75 Å². The number of hydrogen-bond acceptors (Lipinski definition) is 4. The number of nitrogens with one attached hydrogen (secondary N) is 1. The summed E-state index contributed by atoms with van der Waals surface area (Å²) in [5.74, 6) is -1.40. The molecule has 0 saturated carbocycles. The minimum absolute atomic E-state index is 0.132. The van der Waals surface area contributed by atoms with Crippen LogP contribution in [0, 0.1) is 0 Å². The van der Waals surface area contributed by atoms with Gasteiger partial charge >= 0.3 is 5.97 Å². The minimum atomic E-state index is -1.06. The first-order valence-corrected chi connectivity index (χ1v) is 6.91. The fraction of sp³-hybridized carbons (Fsp3) is 0.214. The van der Waals surface area contributed by atoms with Crippen LogP contribution in [0.5, 0.6) is 5.75 Å². The van der Waals surface area contributed by atoms with Crippen LogP contribution in [-0.4, -0.2) is 28.2 Å². The van der Waals surface area contributed by atoms with E-state index in [0.717, 1.165) is 5.56 Å².